The fourth-order valence-corrected chi connectivity index (χ4v) is 4.03. The molecule has 0 radical (unpaired) electrons. The van der Waals surface area contributed by atoms with Crippen molar-refractivity contribution < 1.29 is 0 Å². The number of nitrogens with zero attached hydrogens (tertiary/aromatic N) is 2. The lowest BCUT2D eigenvalue weighted by Crippen LogP contribution is -2.15. The predicted molar refractivity (Wildman–Crippen MR) is 132 cm³/mol. The Kier molecular flexibility index (Phi) is 6.61. The van der Waals surface area contributed by atoms with Crippen molar-refractivity contribution in [3.8, 4) is 11.3 Å². The molecule has 0 amide bonds. The van der Waals surface area contributed by atoms with E-state index in [4.69, 9.17) is 28.9 Å². The molecule has 7 heteroatoms. The van der Waals surface area contributed by atoms with E-state index < -0.39 is 0 Å². The Labute approximate surface area is 196 Å². The van der Waals surface area contributed by atoms with Gasteiger partial charge in [0.15, 0.2) is 5.43 Å². The summed E-state index contributed by atoms with van der Waals surface area (Å²) in [7, 11) is 0. The molecule has 2 aromatic carbocycles. The number of benzene rings is 2. The van der Waals surface area contributed by atoms with Crippen molar-refractivity contribution in [2.75, 3.05) is 0 Å². The van der Waals surface area contributed by atoms with Gasteiger partial charge >= 0.3 is 0 Å². The highest BCUT2D eigenvalue weighted by Gasteiger charge is 2.12. The molecular formula is C25H22Cl2N4O. The number of rotatable bonds is 6. The topological polar surface area (TPSA) is 76.7 Å². The molecule has 162 valence electrons. The van der Waals surface area contributed by atoms with Gasteiger partial charge in [-0.25, -0.2) is 4.98 Å². The monoisotopic (exact) mass is 464 g/mol. The smallest absolute Gasteiger partial charge is 0.185 e. The normalized spacial score (nSPS) is 11.4. The van der Waals surface area contributed by atoms with Gasteiger partial charge in [-0.15, -0.1) is 0 Å². The van der Waals surface area contributed by atoms with Gasteiger partial charge in [0.05, 0.1) is 18.4 Å². The molecular weight excluding hydrogens is 443 g/mol. The molecule has 0 atom stereocenters. The summed E-state index contributed by atoms with van der Waals surface area (Å²) in [5.74, 6) is 0.756. The first-order valence-electron chi connectivity index (χ1n) is 10.1. The second kappa shape index (κ2) is 9.57. The van der Waals surface area contributed by atoms with Gasteiger partial charge in [0.1, 0.15) is 5.82 Å². The molecule has 4 rings (SSSR count). The van der Waals surface area contributed by atoms with E-state index >= 15 is 0 Å². The Hall–Kier alpha value is -3.12. The lowest BCUT2D eigenvalue weighted by molar-refractivity contribution is 0.950. The number of imidazole rings is 1. The summed E-state index contributed by atoms with van der Waals surface area (Å²) in [5, 5.41) is 1.11. The molecule has 0 aliphatic rings. The fourth-order valence-electron chi connectivity index (χ4n) is 3.50. The number of hydrogen-bond donors (Lipinski definition) is 2. The first-order valence-corrected chi connectivity index (χ1v) is 10.9. The molecule has 32 heavy (non-hydrogen) atoms. The van der Waals surface area contributed by atoms with Crippen LogP contribution in [0.15, 0.2) is 65.7 Å². The maximum Gasteiger partial charge on any atom is 0.185 e. The Morgan fingerprint density at radius 3 is 2.44 bits per heavy atom. The number of hydrogen-bond acceptors (Lipinski definition) is 3. The van der Waals surface area contributed by atoms with Crippen LogP contribution in [0.4, 0.5) is 0 Å². The number of aromatic nitrogens is 3. The summed E-state index contributed by atoms with van der Waals surface area (Å²) in [6, 6.07) is 15.0. The van der Waals surface area contributed by atoms with Crippen molar-refractivity contribution in [3.05, 3.63) is 109 Å². The number of H-pyrrole nitrogens is 1. The highest BCUT2D eigenvalue weighted by molar-refractivity contribution is 6.36. The van der Waals surface area contributed by atoms with Crippen LogP contribution in [0.3, 0.4) is 0 Å². The molecule has 2 aromatic heterocycles. The van der Waals surface area contributed by atoms with Crippen molar-refractivity contribution in [1.82, 2.24) is 14.5 Å². The van der Waals surface area contributed by atoms with Crippen LogP contribution in [-0.4, -0.2) is 14.5 Å². The third-order valence-corrected chi connectivity index (χ3v) is 6.10. The maximum absolute atomic E-state index is 12.5. The van der Waals surface area contributed by atoms with E-state index in [1.807, 2.05) is 48.0 Å². The highest BCUT2D eigenvalue weighted by Crippen LogP contribution is 2.27. The molecule has 3 N–H and O–H groups in total. The molecule has 0 aliphatic carbocycles. The van der Waals surface area contributed by atoms with Gasteiger partial charge in [-0.2, -0.15) is 0 Å². The number of pyridine rings is 1. The van der Waals surface area contributed by atoms with Crippen LogP contribution >= 0.6 is 23.2 Å². The van der Waals surface area contributed by atoms with Crippen molar-refractivity contribution in [2.45, 2.75) is 19.9 Å². The molecule has 4 aromatic rings. The van der Waals surface area contributed by atoms with Crippen LogP contribution in [0.25, 0.3) is 23.5 Å². The Bertz CT molecular complexity index is 1320. The summed E-state index contributed by atoms with van der Waals surface area (Å²) < 4.78 is 1.93. The molecule has 0 fully saturated rings. The average molecular weight is 465 g/mol. The van der Waals surface area contributed by atoms with Gasteiger partial charge in [-0.1, -0.05) is 53.5 Å². The lowest BCUT2D eigenvalue weighted by Gasteiger charge is -2.12. The zero-order valence-electron chi connectivity index (χ0n) is 17.5. The summed E-state index contributed by atoms with van der Waals surface area (Å²) in [6.45, 7) is 2.30. The van der Waals surface area contributed by atoms with Crippen molar-refractivity contribution in [3.63, 3.8) is 0 Å². The summed E-state index contributed by atoms with van der Waals surface area (Å²) in [4.78, 5) is 20.0. The first-order chi connectivity index (χ1) is 15.5. The number of aromatic amines is 1. The van der Waals surface area contributed by atoms with Gasteiger partial charge in [-0.05, 0) is 41.8 Å². The van der Waals surface area contributed by atoms with E-state index in [0.29, 0.717) is 28.6 Å². The summed E-state index contributed by atoms with van der Waals surface area (Å²) >= 11 is 12.6. The van der Waals surface area contributed by atoms with E-state index in [0.717, 1.165) is 33.9 Å². The maximum atomic E-state index is 12.5. The van der Waals surface area contributed by atoms with Gasteiger partial charge < -0.3 is 15.3 Å². The molecule has 0 aliphatic heterocycles. The third kappa shape index (κ3) is 4.70. The molecule has 5 nitrogen and oxygen atoms in total. The molecule has 0 saturated carbocycles. The number of halogens is 2. The number of nitrogens with two attached hydrogens (primary N) is 1. The van der Waals surface area contributed by atoms with Gasteiger partial charge in [0.2, 0.25) is 0 Å². The summed E-state index contributed by atoms with van der Waals surface area (Å²) in [5.41, 5.74) is 10.8. The second-order valence-corrected chi connectivity index (χ2v) is 8.23. The zero-order chi connectivity index (χ0) is 22.7. The molecule has 0 unspecified atom stereocenters. The van der Waals surface area contributed by atoms with Crippen LogP contribution in [0.5, 0.6) is 0 Å². The average Bonchev–Trinajstić information content (AvgIpc) is 3.27. The Morgan fingerprint density at radius 2 is 1.78 bits per heavy atom. The lowest BCUT2D eigenvalue weighted by atomic mass is 10.0. The Balaban J connectivity index is 1.58. The SMILES string of the molecule is Cc1c(Cc2c(Cl)cccc2Cl)c(=O)ccn1C=Cc1ccc(-c2cnc(CN)[nH]2)cc1. The van der Waals surface area contributed by atoms with E-state index in [2.05, 4.69) is 9.97 Å². The van der Waals surface area contributed by atoms with Gasteiger partial charge in [0.25, 0.3) is 0 Å². The van der Waals surface area contributed by atoms with Crippen LogP contribution in [0, 0.1) is 6.92 Å². The molecule has 0 bridgehead atoms. The van der Waals surface area contributed by atoms with Crippen LogP contribution in [0.2, 0.25) is 10.0 Å². The van der Waals surface area contributed by atoms with Crippen LogP contribution < -0.4 is 11.2 Å². The highest BCUT2D eigenvalue weighted by atomic mass is 35.5. The molecule has 0 saturated heterocycles. The zero-order valence-corrected chi connectivity index (χ0v) is 19.0. The predicted octanol–water partition coefficient (Wildman–Crippen LogP) is 5.53. The molecule has 0 spiro atoms. The van der Waals surface area contributed by atoms with E-state index in [1.165, 1.54) is 0 Å². The van der Waals surface area contributed by atoms with E-state index in [1.54, 1.807) is 36.7 Å². The van der Waals surface area contributed by atoms with E-state index in [-0.39, 0.29) is 5.43 Å². The first kappa shape index (κ1) is 22.1. The van der Waals surface area contributed by atoms with E-state index in [9.17, 15) is 4.79 Å². The minimum absolute atomic E-state index is 0.0381. The quantitative estimate of drug-likeness (QED) is 0.393. The number of nitrogens with one attached hydrogen (secondary N) is 1. The minimum atomic E-state index is -0.0381. The van der Waals surface area contributed by atoms with Crippen LogP contribution in [-0.2, 0) is 13.0 Å². The largest absolute Gasteiger partial charge is 0.341 e. The second-order valence-electron chi connectivity index (χ2n) is 7.41. The Morgan fingerprint density at radius 1 is 1.06 bits per heavy atom. The standard InChI is InChI=1S/C25H22Cl2N4O/c1-16-19(13-20-21(26)3-2-4-22(20)27)24(32)10-12-31(16)11-9-17-5-7-18(8-6-17)23-15-29-25(14-28)30-23/h2-12,15H,13-14,28H2,1H3,(H,29,30). The molecule has 2 heterocycles. The summed E-state index contributed by atoms with van der Waals surface area (Å²) in [6.07, 6.45) is 7.85. The van der Waals surface area contributed by atoms with Crippen LogP contribution in [0.1, 0.15) is 28.2 Å². The minimum Gasteiger partial charge on any atom is -0.341 e. The van der Waals surface area contributed by atoms with Crippen molar-refractivity contribution in [1.29, 1.82) is 0 Å². The van der Waals surface area contributed by atoms with Gasteiger partial charge in [-0.3, -0.25) is 4.79 Å². The van der Waals surface area contributed by atoms with Crippen molar-refractivity contribution >= 4 is 35.5 Å². The third-order valence-electron chi connectivity index (χ3n) is 5.39. The van der Waals surface area contributed by atoms with Gasteiger partial charge in [0, 0.05) is 46.2 Å². The fraction of sp³-hybridized carbons (Fsp3) is 0.120. The van der Waals surface area contributed by atoms with Crippen molar-refractivity contribution in [2.24, 2.45) is 5.73 Å².